The first kappa shape index (κ1) is 21.5. The first-order valence-corrected chi connectivity index (χ1v) is 10.4. The Bertz CT molecular complexity index is 992. The van der Waals surface area contributed by atoms with E-state index >= 15 is 0 Å². The summed E-state index contributed by atoms with van der Waals surface area (Å²) < 4.78 is 22.0. The molecule has 1 amide bonds. The van der Waals surface area contributed by atoms with Gasteiger partial charge in [0.15, 0.2) is 0 Å². The Hall–Kier alpha value is -3.20. The molecule has 0 spiro atoms. The molecule has 0 unspecified atom stereocenters. The van der Waals surface area contributed by atoms with E-state index in [0.29, 0.717) is 52.8 Å². The molecule has 158 valence electrons. The van der Waals surface area contributed by atoms with Crippen LogP contribution in [0.2, 0.25) is 0 Å². The van der Waals surface area contributed by atoms with Crippen molar-refractivity contribution in [3.63, 3.8) is 0 Å². The van der Waals surface area contributed by atoms with E-state index in [4.69, 9.17) is 18.6 Å². The molecule has 30 heavy (non-hydrogen) atoms. The zero-order valence-electron chi connectivity index (χ0n) is 17.0. The van der Waals surface area contributed by atoms with Crippen LogP contribution in [0.5, 0.6) is 17.2 Å². The quantitative estimate of drug-likeness (QED) is 0.477. The fourth-order valence-electron chi connectivity index (χ4n) is 2.66. The summed E-state index contributed by atoms with van der Waals surface area (Å²) in [5.41, 5.74) is 1.24. The lowest BCUT2D eigenvalue weighted by Gasteiger charge is -2.13. The van der Waals surface area contributed by atoms with Crippen molar-refractivity contribution in [3.8, 4) is 28.7 Å². The van der Waals surface area contributed by atoms with Crippen molar-refractivity contribution < 1.29 is 23.4 Å². The topological polar surface area (TPSA) is 95.7 Å². The van der Waals surface area contributed by atoms with E-state index in [9.17, 15) is 4.79 Å². The summed E-state index contributed by atoms with van der Waals surface area (Å²) in [6, 6.07) is 12.7. The number of amides is 1. The molecule has 3 rings (SSSR count). The zero-order valence-corrected chi connectivity index (χ0v) is 17.8. The summed E-state index contributed by atoms with van der Waals surface area (Å²) >= 11 is 1.15. The van der Waals surface area contributed by atoms with Crippen LogP contribution in [0.25, 0.3) is 11.5 Å². The molecule has 0 bridgehead atoms. The third-order valence-corrected chi connectivity index (χ3v) is 4.73. The molecule has 0 atom stereocenters. The fourth-order valence-corrected chi connectivity index (χ4v) is 3.22. The van der Waals surface area contributed by atoms with Gasteiger partial charge in [0.25, 0.3) is 11.1 Å². The minimum Gasteiger partial charge on any atom is -0.496 e. The van der Waals surface area contributed by atoms with Crippen molar-refractivity contribution >= 4 is 23.4 Å². The number of nitrogens with zero attached hydrogens (tertiary/aromatic N) is 2. The number of aromatic nitrogens is 2. The lowest BCUT2D eigenvalue weighted by atomic mass is 10.2. The standard InChI is InChI=1S/C21H23N3O5S/c1-4-27-14-10-11-18(28-5-2)16(12-14)22-19(25)13-30-21-24-23-20(29-21)15-8-6-7-9-17(15)26-3/h6-12H,4-5,13H2,1-3H3,(H,22,25). The van der Waals surface area contributed by atoms with Gasteiger partial charge in [-0.1, -0.05) is 23.9 Å². The van der Waals surface area contributed by atoms with E-state index in [2.05, 4.69) is 15.5 Å². The predicted molar refractivity (Wildman–Crippen MR) is 114 cm³/mol. The van der Waals surface area contributed by atoms with Gasteiger partial charge in [-0.25, -0.2) is 0 Å². The van der Waals surface area contributed by atoms with Gasteiger partial charge in [-0.15, -0.1) is 10.2 Å². The molecule has 0 aliphatic heterocycles. The highest BCUT2D eigenvalue weighted by Gasteiger charge is 2.15. The van der Waals surface area contributed by atoms with Crippen molar-refractivity contribution in [3.05, 3.63) is 42.5 Å². The summed E-state index contributed by atoms with van der Waals surface area (Å²) in [4.78, 5) is 12.5. The number of para-hydroxylation sites is 1. The highest BCUT2D eigenvalue weighted by molar-refractivity contribution is 7.99. The number of nitrogens with one attached hydrogen (secondary N) is 1. The lowest BCUT2D eigenvalue weighted by Crippen LogP contribution is -2.15. The third kappa shape index (κ3) is 5.44. The smallest absolute Gasteiger partial charge is 0.277 e. The molecule has 8 nitrogen and oxygen atoms in total. The molecule has 0 aliphatic rings. The number of rotatable bonds is 10. The molecular formula is C21H23N3O5S. The van der Waals surface area contributed by atoms with Crippen LogP contribution >= 0.6 is 11.8 Å². The van der Waals surface area contributed by atoms with Gasteiger partial charge in [0, 0.05) is 6.07 Å². The predicted octanol–water partition coefficient (Wildman–Crippen LogP) is 4.27. The molecule has 2 aromatic carbocycles. The number of methoxy groups -OCH3 is 1. The number of carbonyl (C=O) groups excluding carboxylic acids is 1. The minimum atomic E-state index is -0.230. The SMILES string of the molecule is CCOc1ccc(OCC)c(NC(=O)CSc2nnc(-c3ccccc3OC)o2)c1. The summed E-state index contributed by atoms with van der Waals surface area (Å²) in [5.74, 6) is 2.06. The molecule has 9 heteroatoms. The number of ether oxygens (including phenoxy) is 3. The molecule has 0 aliphatic carbocycles. The summed E-state index contributed by atoms with van der Waals surface area (Å²) in [6.07, 6.45) is 0. The van der Waals surface area contributed by atoms with Crippen LogP contribution in [0.4, 0.5) is 5.69 Å². The average Bonchev–Trinajstić information content (AvgIpc) is 3.23. The number of thioether (sulfide) groups is 1. The van der Waals surface area contributed by atoms with E-state index < -0.39 is 0 Å². The lowest BCUT2D eigenvalue weighted by molar-refractivity contribution is -0.113. The first-order chi connectivity index (χ1) is 14.6. The van der Waals surface area contributed by atoms with Gasteiger partial charge in [0.1, 0.15) is 17.2 Å². The molecule has 0 saturated carbocycles. The number of hydrogen-bond acceptors (Lipinski definition) is 8. The van der Waals surface area contributed by atoms with E-state index in [1.807, 2.05) is 38.1 Å². The van der Waals surface area contributed by atoms with Gasteiger partial charge in [0.05, 0.1) is 37.3 Å². The molecular weight excluding hydrogens is 406 g/mol. The van der Waals surface area contributed by atoms with Crippen LogP contribution in [0, 0.1) is 0 Å². The second kappa shape index (κ2) is 10.5. The number of carbonyl (C=O) groups is 1. The zero-order chi connectivity index (χ0) is 21.3. The molecule has 1 N–H and O–H groups in total. The van der Waals surface area contributed by atoms with Crippen LogP contribution in [-0.2, 0) is 4.79 Å². The molecule has 3 aromatic rings. The van der Waals surface area contributed by atoms with Crippen molar-refractivity contribution in [2.24, 2.45) is 0 Å². The Labute approximate surface area is 178 Å². The Morgan fingerprint density at radius 3 is 2.63 bits per heavy atom. The van der Waals surface area contributed by atoms with Crippen LogP contribution in [0.1, 0.15) is 13.8 Å². The number of anilines is 1. The maximum absolute atomic E-state index is 12.5. The van der Waals surface area contributed by atoms with Crippen LogP contribution in [0.3, 0.4) is 0 Å². The van der Waals surface area contributed by atoms with Crippen LogP contribution < -0.4 is 19.5 Å². The van der Waals surface area contributed by atoms with Gasteiger partial charge in [0.2, 0.25) is 5.91 Å². The van der Waals surface area contributed by atoms with Crippen molar-refractivity contribution in [2.75, 3.05) is 31.4 Å². The molecule has 0 saturated heterocycles. The minimum absolute atomic E-state index is 0.0952. The van der Waals surface area contributed by atoms with Gasteiger partial charge in [-0.05, 0) is 38.1 Å². The van der Waals surface area contributed by atoms with Crippen molar-refractivity contribution in [1.82, 2.24) is 10.2 Å². The van der Waals surface area contributed by atoms with Crippen molar-refractivity contribution in [2.45, 2.75) is 19.1 Å². The van der Waals surface area contributed by atoms with Crippen molar-refractivity contribution in [1.29, 1.82) is 0 Å². The van der Waals surface area contributed by atoms with Gasteiger partial charge >= 0.3 is 0 Å². The van der Waals surface area contributed by atoms with E-state index in [1.54, 1.807) is 25.3 Å². The first-order valence-electron chi connectivity index (χ1n) is 9.43. The second-order valence-electron chi connectivity index (χ2n) is 5.93. The number of benzene rings is 2. The maximum Gasteiger partial charge on any atom is 0.277 e. The summed E-state index contributed by atoms with van der Waals surface area (Å²) in [7, 11) is 1.58. The molecule has 0 radical (unpaired) electrons. The summed E-state index contributed by atoms with van der Waals surface area (Å²) in [6.45, 7) is 4.80. The average molecular weight is 429 g/mol. The summed E-state index contributed by atoms with van der Waals surface area (Å²) in [5, 5.41) is 11.2. The third-order valence-electron chi connectivity index (χ3n) is 3.91. The second-order valence-corrected chi connectivity index (χ2v) is 6.86. The van der Waals surface area contributed by atoms with Gasteiger partial charge in [-0.3, -0.25) is 4.79 Å². The molecule has 1 aromatic heterocycles. The molecule has 0 fully saturated rings. The Balaban J connectivity index is 1.64. The van der Waals surface area contributed by atoms with Crippen LogP contribution in [-0.4, -0.2) is 42.2 Å². The highest BCUT2D eigenvalue weighted by atomic mass is 32.2. The Morgan fingerprint density at radius 2 is 1.87 bits per heavy atom. The highest BCUT2D eigenvalue weighted by Crippen LogP contribution is 2.31. The van der Waals surface area contributed by atoms with E-state index in [0.717, 1.165) is 11.8 Å². The van der Waals surface area contributed by atoms with E-state index in [1.165, 1.54) is 0 Å². The fraction of sp³-hybridized carbons (Fsp3) is 0.286. The molecule has 1 heterocycles. The van der Waals surface area contributed by atoms with Crippen LogP contribution in [0.15, 0.2) is 52.1 Å². The largest absolute Gasteiger partial charge is 0.496 e. The normalized spacial score (nSPS) is 10.5. The van der Waals surface area contributed by atoms with E-state index in [-0.39, 0.29) is 11.7 Å². The Kier molecular flexibility index (Phi) is 7.56. The van der Waals surface area contributed by atoms with Gasteiger partial charge < -0.3 is 23.9 Å². The monoisotopic (exact) mass is 429 g/mol. The Morgan fingerprint density at radius 1 is 1.07 bits per heavy atom. The number of hydrogen-bond donors (Lipinski definition) is 1. The van der Waals surface area contributed by atoms with Gasteiger partial charge in [-0.2, -0.15) is 0 Å². The maximum atomic E-state index is 12.5.